The maximum Gasteiger partial charge on any atom is 0.244 e. The zero-order chi connectivity index (χ0) is 17.8. The molecule has 6 nitrogen and oxygen atoms in total. The number of hydrogen-bond acceptors (Lipinski definition) is 4. The highest BCUT2D eigenvalue weighted by atomic mass is 79.9. The lowest BCUT2D eigenvalue weighted by Crippen LogP contribution is -2.31. The lowest BCUT2D eigenvalue weighted by molar-refractivity contribution is -0.122. The Labute approximate surface area is 152 Å². The summed E-state index contributed by atoms with van der Waals surface area (Å²) in [5.74, 6) is -0.227. The number of carbonyl (C=O) groups is 1. The summed E-state index contributed by atoms with van der Waals surface area (Å²) >= 11 is 3.47. The van der Waals surface area contributed by atoms with Gasteiger partial charge in [-0.3, -0.25) is 4.79 Å². The topological polar surface area (TPSA) is 72.7 Å². The summed E-state index contributed by atoms with van der Waals surface area (Å²) in [6.07, 6.45) is 0. The van der Waals surface area contributed by atoms with Gasteiger partial charge in [-0.1, -0.05) is 34.1 Å². The zero-order valence-corrected chi connectivity index (χ0v) is 14.9. The van der Waals surface area contributed by atoms with Crippen LogP contribution in [0.4, 0.5) is 4.39 Å². The summed E-state index contributed by atoms with van der Waals surface area (Å²) in [4.78, 5) is 13.4. The monoisotopic (exact) mass is 403 g/mol. The van der Waals surface area contributed by atoms with Crippen molar-refractivity contribution in [1.29, 1.82) is 0 Å². The van der Waals surface area contributed by atoms with E-state index in [1.807, 2.05) is 31.2 Å². The number of benzene rings is 2. The molecule has 0 spiro atoms. The molecule has 0 aliphatic carbocycles. The van der Waals surface area contributed by atoms with Crippen molar-refractivity contribution in [2.24, 2.45) is 0 Å². The minimum Gasteiger partial charge on any atom is -0.348 e. The molecule has 3 rings (SSSR count). The number of amides is 1. The van der Waals surface area contributed by atoms with Gasteiger partial charge in [0.15, 0.2) is 0 Å². The van der Waals surface area contributed by atoms with Crippen molar-refractivity contribution >= 4 is 21.8 Å². The molecule has 0 fully saturated rings. The first kappa shape index (κ1) is 17.2. The molecule has 128 valence electrons. The molecule has 3 aromatic rings. The highest BCUT2D eigenvalue weighted by Gasteiger charge is 2.14. The quantitative estimate of drug-likeness (QED) is 0.710. The number of halogens is 2. The zero-order valence-electron chi connectivity index (χ0n) is 13.4. The number of aromatic nitrogens is 4. The second-order valence-electron chi connectivity index (χ2n) is 5.46. The van der Waals surface area contributed by atoms with E-state index in [0.29, 0.717) is 11.4 Å². The minimum atomic E-state index is -0.337. The van der Waals surface area contributed by atoms with Crippen molar-refractivity contribution in [3.63, 3.8) is 0 Å². The lowest BCUT2D eigenvalue weighted by atomic mass is 10.1. The van der Waals surface area contributed by atoms with Gasteiger partial charge in [0.2, 0.25) is 11.7 Å². The van der Waals surface area contributed by atoms with Crippen LogP contribution in [0.25, 0.3) is 11.4 Å². The predicted molar refractivity (Wildman–Crippen MR) is 93.9 cm³/mol. The summed E-state index contributed by atoms with van der Waals surface area (Å²) in [6, 6.07) is 13.3. The van der Waals surface area contributed by atoms with Crippen LogP contribution in [0.15, 0.2) is 53.0 Å². The van der Waals surface area contributed by atoms with Crippen molar-refractivity contribution in [3.05, 3.63) is 64.4 Å². The average Bonchev–Trinajstić information content (AvgIpc) is 3.04. The molecule has 1 heterocycles. The van der Waals surface area contributed by atoms with Crippen molar-refractivity contribution in [1.82, 2.24) is 25.5 Å². The van der Waals surface area contributed by atoms with Gasteiger partial charge in [-0.2, -0.15) is 4.80 Å². The SMILES string of the molecule is C[C@@H](NC(=O)Cn1nnc(-c2ccc(F)cc2)n1)c1ccccc1Br. The molecule has 1 amide bonds. The molecule has 1 atom stereocenters. The van der Waals surface area contributed by atoms with Crippen molar-refractivity contribution in [2.75, 3.05) is 0 Å². The van der Waals surface area contributed by atoms with Crippen molar-refractivity contribution < 1.29 is 9.18 Å². The van der Waals surface area contributed by atoms with Gasteiger partial charge in [-0.15, -0.1) is 10.2 Å². The van der Waals surface area contributed by atoms with Crippen LogP contribution in [0.3, 0.4) is 0 Å². The highest BCUT2D eigenvalue weighted by molar-refractivity contribution is 9.10. The second kappa shape index (κ2) is 7.52. The van der Waals surface area contributed by atoms with Crippen LogP contribution in [0.5, 0.6) is 0 Å². The Morgan fingerprint density at radius 1 is 1.24 bits per heavy atom. The van der Waals surface area contributed by atoms with E-state index >= 15 is 0 Å². The first-order valence-electron chi connectivity index (χ1n) is 7.60. The summed E-state index contributed by atoms with van der Waals surface area (Å²) in [5, 5.41) is 14.8. The van der Waals surface area contributed by atoms with E-state index in [1.165, 1.54) is 16.9 Å². The summed E-state index contributed by atoms with van der Waals surface area (Å²) in [6.45, 7) is 1.85. The van der Waals surface area contributed by atoms with Crippen LogP contribution in [0.1, 0.15) is 18.5 Å². The van der Waals surface area contributed by atoms with E-state index < -0.39 is 0 Å². The molecule has 0 saturated heterocycles. The minimum absolute atomic E-state index is 0.0526. The predicted octanol–water partition coefficient (Wildman–Crippen LogP) is 3.12. The second-order valence-corrected chi connectivity index (χ2v) is 6.32. The third kappa shape index (κ3) is 4.27. The van der Waals surface area contributed by atoms with Gasteiger partial charge in [0.1, 0.15) is 12.4 Å². The first-order chi connectivity index (χ1) is 12.0. The molecular weight excluding hydrogens is 389 g/mol. The summed E-state index contributed by atoms with van der Waals surface area (Å²) in [7, 11) is 0. The molecule has 0 aliphatic heterocycles. The van der Waals surface area contributed by atoms with Gasteiger partial charge in [0.25, 0.3) is 0 Å². The fourth-order valence-electron chi connectivity index (χ4n) is 2.34. The van der Waals surface area contributed by atoms with Crippen molar-refractivity contribution in [2.45, 2.75) is 19.5 Å². The molecule has 0 aliphatic rings. The van der Waals surface area contributed by atoms with Crippen LogP contribution in [0.2, 0.25) is 0 Å². The fraction of sp³-hybridized carbons (Fsp3) is 0.176. The highest BCUT2D eigenvalue weighted by Crippen LogP contribution is 2.22. The molecular formula is C17H15BrFN5O. The Bertz CT molecular complexity index is 881. The van der Waals surface area contributed by atoms with Crippen LogP contribution in [0, 0.1) is 5.82 Å². The normalized spacial score (nSPS) is 12.0. The fourth-order valence-corrected chi connectivity index (χ4v) is 2.97. The number of nitrogens with one attached hydrogen (secondary N) is 1. The van der Waals surface area contributed by atoms with Crippen LogP contribution in [-0.4, -0.2) is 26.1 Å². The average molecular weight is 404 g/mol. The van der Waals surface area contributed by atoms with E-state index in [0.717, 1.165) is 10.0 Å². The lowest BCUT2D eigenvalue weighted by Gasteiger charge is -2.15. The molecule has 0 unspecified atom stereocenters. The van der Waals surface area contributed by atoms with E-state index in [-0.39, 0.29) is 24.3 Å². The van der Waals surface area contributed by atoms with Gasteiger partial charge in [-0.05, 0) is 48.0 Å². The molecule has 0 radical (unpaired) electrons. The largest absolute Gasteiger partial charge is 0.348 e. The number of hydrogen-bond donors (Lipinski definition) is 1. The number of rotatable bonds is 5. The summed E-state index contributed by atoms with van der Waals surface area (Å²) < 4.78 is 13.9. The standard InChI is InChI=1S/C17H15BrFN5O/c1-11(14-4-2-3-5-15(14)18)20-16(25)10-24-22-17(21-23-24)12-6-8-13(19)9-7-12/h2-9,11H,10H2,1H3,(H,20,25)/t11-/m1/s1. The Balaban J connectivity index is 1.64. The Kier molecular flexibility index (Phi) is 5.18. The van der Waals surface area contributed by atoms with E-state index in [4.69, 9.17) is 0 Å². The van der Waals surface area contributed by atoms with Gasteiger partial charge >= 0.3 is 0 Å². The molecule has 2 aromatic carbocycles. The van der Waals surface area contributed by atoms with Crippen LogP contribution in [-0.2, 0) is 11.3 Å². The number of carbonyl (C=O) groups excluding carboxylic acids is 1. The third-order valence-electron chi connectivity index (χ3n) is 3.59. The third-order valence-corrected chi connectivity index (χ3v) is 4.31. The van der Waals surface area contributed by atoms with E-state index in [2.05, 4.69) is 36.7 Å². The molecule has 1 aromatic heterocycles. The first-order valence-corrected chi connectivity index (χ1v) is 8.40. The molecule has 0 saturated carbocycles. The van der Waals surface area contributed by atoms with Gasteiger partial charge in [-0.25, -0.2) is 4.39 Å². The van der Waals surface area contributed by atoms with Crippen LogP contribution >= 0.6 is 15.9 Å². The number of tetrazole rings is 1. The molecule has 8 heteroatoms. The maximum absolute atomic E-state index is 13.0. The van der Waals surface area contributed by atoms with Gasteiger partial charge in [0, 0.05) is 10.0 Å². The molecule has 25 heavy (non-hydrogen) atoms. The maximum atomic E-state index is 13.0. The molecule has 1 N–H and O–H groups in total. The van der Waals surface area contributed by atoms with E-state index in [9.17, 15) is 9.18 Å². The van der Waals surface area contributed by atoms with Gasteiger partial charge in [0.05, 0.1) is 6.04 Å². The van der Waals surface area contributed by atoms with Crippen molar-refractivity contribution in [3.8, 4) is 11.4 Å². The van der Waals surface area contributed by atoms with Crippen LogP contribution < -0.4 is 5.32 Å². The molecule has 0 bridgehead atoms. The van der Waals surface area contributed by atoms with E-state index in [1.54, 1.807) is 12.1 Å². The summed E-state index contributed by atoms with van der Waals surface area (Å²) in [5.41, 5.74) is 1.61. The smallest absolute Gasteiger partial charge is 0.244 e. The number of nitrogens with zero attached hydrogens (tertiary/aromatic N) is 4. The van der Waals surface area contributed by atoms with Gasteiger partial charge < -0.3 is 5.32 Å². The Morgan fingerprint density at radius 3 is 2.68 bits per heavy atom. The Hall–Kier alpha value is -2.61. The Morgan fingerprint density at radius 2 is 1.96 bits per heavy atom.